The third kappa shape index (κ3) is 4.50. The van der Waals surface area contributed by atoms with Gasteiger partial charge in [0, 0.05) is 26.1 Å². The summed E-state index contributed by atoms with van der Waals surface area (Å²) < 4.78 is 19.8. The molecule has 0 saturated carbocycles. The number of ether oxygens (including phenoxy) is 1. The highest BCUT2D eigenvalue weighted by Crippen LogP contribution is 2.29. The van der Waals surface area contributed by atoms with Gasteiger partial charge in [0.05, 0.1) is 35.1 Å². The summed E-state index contributed by atoms with van der Waals surface area (Å²) in [5.74, 6) is -2.02. The first-order valence-electron chi connectivity index (χ1n) is 10.7. The summed E-state index contributed by atoms with van der Waals surface area (Å²) in [6.45, 7) is 4.87. The molecule has 1 N–H and O–H groups in total. The molecule has 0 spiro atoms. The first kappa shape index (κ1) is 22.0. The molecule has 0 bridgehead atoms. The van der Waals surface area contributed by atoms with Gasteiger partial charge in [-0.25, -0.2) is 4.39 Å². The Hall–Kier alpha value is -3.26. The monoisotopic (exact) mass is 439 g/mol. The number of carbonyl (C=O) groups excluding carboxylic acids is 3. The molecule has 4 rings (SSSR count). The average molecular weight is 439 g/mol. The third-order valence-corrected chi connectivity index (χ3v) is 5.76. The maximum Gasteiger partial charge on any atom is 0.256 e. The topological polar surface area (TPSA) is 79.0 Å². The van der Waals surface area contributed by atoms with Crippen LogP contribution in [0.1, 0.15) is 30.6 Å². The molecule has 2 aliphatic heterocycles. The van der Waals surface area contributed by atoms with Crippen LogP contribution in [0.15, 0.2) is 48.5 Å². The summed E-state index contributed by atoms with van der Waals surface area (Å²) in [7, 11) is 0. The van der Waals surface area contributed by atoms with Crippen molar-refractivity contribution in [3.63, 3.8) is 0 Å². The summed E-state index contributed by atoms with van der Waals surface area (Å²) in [5, 5.41) is 2.81. The van der Waals surface area contributed by atoms with E-state index in [2.05, 4.69) is 5.32 Å². The number of morpholine rings is 1. The predicted octanol–water partition coefficient (Wildman–Crippen LogP) is 3.07. The largest absolute Gasteiger partial charge is 0.372 e. The Morgan fingerprint density at radius 2 is 1.66 bits per heavy atom. The lowest BCUT2D eigenvalue weighted by Crippen LogP contribution is -2.48. The summed E-state index contributed by atoms with van der Waals surface area (Å²) in [5.41, 5.74) is 0.947. The molecule has 2 heterocycles. The molecule has 0 radical (unpaired) electrons. The molecular weight excluding hydrogens is 413 g/mol. The maximum atomic E-state index is 14.1. The molecule has 8 heteroatoms. The number of anilines is 2. The zero-order valence-corrected chi connectivity index (χ0v) is 18.1. The summed E-state index contributed by atoms with van der Waals surface area (Å²) >= 11 is 0. The van der Waals surface area contributed by atoms with Crippen LogP contribution in [-0.2, 0) is 14.3 Å². The van der Waals surface area contributed by atoms with Crippen LogP contribution in [0.2, 0.25) is 0 Å². The van der Waals surface area contributed by atoms with Gasteiger partial charge in [0.15, 0.2) is 0 Å². The number of hydrogen-bond acceptors (Lipinski definition) is 4. The second-order valence-electron chi connectivity index (χ2n) is 8.36. The Bertz CT molecular complexity index is 1030. The maximum absolute atomic E-state index is 14.1. The standard InChI is InChI=1S/C24H26FN3O4/c1-15-12-27(13-16(2)32-15)24(31)18-7-3-5-9-20(18)26-23(30)17-11-22(29)28(14-17)21-10-6-4-8-19(21)25/h3-10,15-17H,11-14H2,1-2H3,(H,26,30). The van der Waals surface area contributed by atoms with Crippen molar-refractivity contribution in [2.45, 2.75) is 32.5 Å². The molecule has 32 heavy (non-hydrogen) atoms. The Kier molecular flexibility index (Phi) is 6.23. The SMILES string of the molecule is CC1CN(C(=O)c2ccccc2NC(=O)C2CC(=O)N(c3ccccc3F)C2)CC(C)O1. The second-order valence-corrected chi connectivity index (χ2v) is 8.36. The number of rotatable bonds is 4. The zero-order chi connectivity index (χ0) is 22.8. The number of amides is 3. The molecule has 3 unspecified atom stereocenters. The van der Waals surface area contributed by atoms with Crippen molar-refractivity contribution in [2.75, 3.05) is 29.9 Å². The van der Waals surface area contributed by atoms with E-state index in [0.29, 0.717) is 24.3 Å². The second kappa shape index (κ2) is 9.08. The molecule has 7 nitrogen and oxygen atoms in total. The van der Waals surface area contributed by atoms with Crippen molar-refractivity contribution in [1.82, 2.24) is 4.90 Å². The van der Waals surface area contributed by atoms with Crippen LogP contribution in [0.25, 0.3) is 0 Å². The van der Waals surface area contributed by atoms with Crippen LogP contribution in [0, 0.1) is 11.7 Å². The van der Waals surface area contributed by atoms with Crippen LogP contribution < -0.4 is 10.2 Å². The van der Waals surface area contributed by atoms with E-state index in [-0.39, 0.29) is 48.6 Å². The van der Waals surface area contributed by atoms with Crippen molar-refractivity contribution in [2.24, 2.45) is 5.92 Å². The van der Waals surface area contributed by atoms with Gasteiger partial charge in [-0.2, -0.15) is 0 Å². The van der Waals surface area contributed by atoms with Gasteiger partial charge in [0.25, 0.3) is 5.91 Å². The van der Waals surface area contributed by atoms with Crippen molar-refractivity contribution < 1.29 is 23.5 Å². The molecule has 2 aromatic rings. The van der Waals surface area contributed by atoms with E-state index in [4.69, 9.17) is 4.74 Å². The normalized spacial score (nSPS) is 23.3. The quantitative estimate of drug-likeness (QED) is 0.794. The molecular formula is C24H26FN3O4. The van der Waals surface area contributed by atoms with Crippen LogP contribution >= 0.6 is 0 Å². The number of nitrogens with zero attached hydrogens (tertiary/aromatic N) is 2. The molecule has 0 aromatic heterocycles. The lowest BCUT2D eigenvalue weighted by Gasteiger charge is -2.35. The number of benzene rings is 2. The average Bonchev–Trinajstić information content (AvgIpc) is 3.15. The minimum atomic E-state index is -0.645. The first-order valence-corrected chi connectivity index (χ1v) is 10.7. The van der Waals surface area contributed by atoms with Gasteiger partial charge in [-0.1, -0.05) is 24.3 Å². The molecule has 3 amide bonds. The highest BCUT2D eigenvalue weighted by Gasteiger charge is 2.36. The van der Waals surface area contributed by atoms with Gasteiger partial charge < -0.3 is 19.9 Å². The lowest BCUT2D eigenvalue weighted by atomic mass is 10.1. The smallest absolute Gasteiger partial charge is 0.256 e. The Morgan fingerprint density at radius 1 is 1.00 bits per heavy atom. The Balaban J connectivity index is 1.48. The molecule has 168 valence electrons. The first-order chi connectivity index (χ1) is 15.3. The lowest BCUT2D eigenvalue weighted by molar-refractivity contribution is -0.122. The van der Waals surface area contributed by atoms with E-state index in [9.17, 15) is 18.8 Å². The van der Waals surface area contributed by atoms with Crippen LogP contribution in [0.5, 0.6) is 0 Å². The van der Waals surface area contributed by atoms with Gasteiger partial charge in [0.1, 0.15) is 5.82 Å². The molecule has 2 saturated heterocycles. The molecule has 2 aliphatic rings. The van der Waals surface area contributed by atoms with E-state index in [1.807, 2.05) is 13.8 Å². The van der Waals surface area contributed by atoms with Crippen molar-refractivity contribution in [1.29, 1.82) is 0 Å². The highest BCUT2D eigenvalue weighted by atomic mass is 19.1. The van der Waals surface area contributed by atoms with Gasteiger partial charge in [-0.15, -0.1) is 0 Å². The third-order valence-electron chi connectivity index (χ3n) is 5.76. The van der Waals surface area contributed by atoms with Crippen molar-refractivity contribution >= 4 is 29.1 Å². The fourth-order valence-electron chi connectivity index (χ4n) is 4.31. The minimum absolute atomic E-state index is 0.0191. The van der Waals surface area contributed by atoms with Gasteiger partial charge in [-0.3, -0.25) is 14.4 Å². The number of halogens is 1. The zero-order valence-electron chi connectivity index (χ0n) is 18.1. The number of nitrogens with one attached hydrogen (secondary N) is 1. The van der Waals surface area contributed by atoms with E-state index >= 15 is 0 Å². The van der Waals surface area contributed by atoms with Crippen LogP contribution in [0.4, 0.5) is 15.8 Å². The molecule has 2 aromatic carbocycles. The molecule has 2 fully saturated rings. The number of carbonyl (C=O) groups is 3. The van der Waals surface area contributed by atoms with Gasteiger partial charge >= 0.3 is 0 Å². The van der Waals surface area contributed by atoms with E-state index in [1.165, 1.54) is 17.0 Å². The fraction of sp³-hybridized carbons (Fsp3) is 0.375. The van der Waals surface area contributed by atoms with Crippen LogP contribution in [0.3, 0.4) is 0 Å². The Morgan fingerprint density at radius 3 is 2.38 bits per heavy atom. The van der Waals surface area contributed by atoms with Gasteiger partial charge in [0.2, 0.25) is 11.8 Å². The summed E-state index contributed by atoms with van der Waals surface area (Å²) in [6.07, 6.45) is -0.161. The molecule has 0 aliphatic carbocycles. The van der Waals surface area contributed by atoms with E-state index < -0.39 is 11.7 Å². The Labute approximate surface area is 186 Å². The predicted molar refractivity (Wildman–Crippen MR) is 118 cm³/mol. The summed E-state index contributed by atoms with van der Waals surface area (Å²) in [4.78, 5) is 41.6. The fourth-order valence-corrected chi connectivity index (χ4v) is 4.31. The number of hydrogen-bond donors (Lipinski definition) is 1. The van der Waals surface area contributed by atoms with Crippen LogP contribution in [-0.4, -0.2) is 54.5 Å². The molecule has 3 atom stereocenters. The van der Waals surface area contributed by atoms with Crippen molar-refractivity contribution in [3.8, 4) is 0 Å². The number of para-hydroxylation sites is 2. The van der Waals surface area contributed by atoms with E-state index in [0.717, 1.165) is 0 Å². The van der Waals surface area contributed by atoms with Crippen molar-refractivity contribution in [3.05, 3.63) is 59.9 Å². The van der Waals surface area contributed by atoms with Gasteiger partial charge in [-0.05, 0) is 38.1 Å². The summed E-state index contributed by atoms with van der Waals surface area (Å²) in [6, 6.07) is 12.8. The highest BCUT2D eigenvalue weighted by molar-refractivity contribution is 6.07. The van der Waals surface area contributed by atoms with E-state index in [1.54, 1.807) is 41.3 Å². The minimum Gasteiger partial charge on any atom is -0.372 e.